The van der Waals surface area contributed by atoms with Crippen LogP contribution >= 0.6 is 11.6 Å². The molecule has 10 nitrogen and oxygen atoms in total. The van der Waals surface area contributed by atoms with Crippen LogP contribution < -0.4 is 20.5 Å². The number of aliphatic hydroxyl groups excluding tert-OH is 1. The summed E-state index contributed by atoms with van der Waals surface area (Å²) in [5.41, 5.74) is 12.5. The van der Waals surface area contributed by atoms with Gasteiger partial charge in [-0.3, -0.25) is 14.4 Å². The van der Waals surface area contributed by atoms with Crippen LogP contribution in [0.4, 0.5) is 0 Å². The smallest absolute Gasteiger partial charge is 0.252 e. The zero-order valence-corrected chi connectivity index (χ0v) is 32.2. The van der Waals surface area contributed by atoms with Crippen molar-refractivity contribution in [1.29, 1.82) is 0 Å². The van der Waals surface area contributed by atoms with E-state index in [1.807, 2.05) is 70.5 Å². The molecule has 0 spiro atoms. The lowest BCUT2D eigenvalue weighted by Gasteiger charge is -2.45. The van der Waals surface area contributed by atoms with E-state index < -0.39 is 5.91 Å². The molecule has 2 heterocycles. The van der Waals surface area contributed by atoms with E-state index in [2.05, 4.69) is 19.2 Å². The number of aliphatic hydroxyl groups is 1. The number of halogens is 1. The van der Waals surface area contributed by atoms with Crippen molar-refractivity contribution >= 4 is 34.9 Å². The molecule has 1 saturated heterocycles. The molecule has 2 atom stereocenters. The molecule has 0 radical (unpaired) electrons. The predicted octanol–water partition coefficient (Wildman–Crippen LogP) is 5.63. The zero-order valence-electron chi connectivity index (χ0n) is 31.5. The first-order valence-electron chi connectivity index (χ1n) is 19.4. The summed E-state index contributed by atoms with van der Waals surface area (Å²) in [6.07, 6.45) is 5.62. The van der Waals surface area contributed by atoms with Crippen LogP contribution in [0, 0.1) is 0 Å². The van der Waals surface area contributed by atoms with Crippen LogP contribution in [0.3, 0.4) is 0 Å². The minimum atomic E-state index is -0.418. The highest BCUT2D eigenvalue weighted by atomic mass is 35.5. The van der Waals surface area contributed by atoms with E-state index in [9.17, 15) is 19.5 Å². The molecule has 6 rings (SSSR count). The highest BCUT2D eigenvalue weighted by Gasteiger charge is 2.43. The van der Waals surface area contributed by atoms with Gasteiger partial charge in [0, 0.05) is 56.7 Å². The van der Waals surface area contributed by atoms with Crippen molar-refractivity contribution in [2.24, 2.45) is 5.73 Å². The maximum absolute atomic E-state index is 14.9. The number of rotatable bonds is 18. The van der Waals surface area contributed by atoms with Crippen LogP contribution in [0.5, 0.6) is 11.5 Å². The Morgan fingerprint density at radius 1 is 0.926 bits per heavy atom. The van der Waals surface area contributed by atoms with E-state index in [1.165, 1.54) is 11.1 Å². The minimum absolute atomic E-state index is 0.0281. The average molecular weight is 757 g/mol. The van der Waals surface area contributed by atoms with E-state index in [0.29, 0.717) is 74.2 Å². The van der Waals surface area contributed by atoms with E-state index in [1.54, 1.807) is 0 Å². The number of amides is 3. The van der Waals surface area contributed by atoms with E-state index in [4.69, 9.17) is 26.8 Å². The average Bonchev–Trinajstić information content (AvgIpc) is 4.02. The Balaban J connectivity index is 1.22. The van der Waals surface area contributed by atoms with Gasteiger partial charge in [0.05, 0.1) is 11.1 Å². The van der Waals surface area contributed by atoms with Gasteiger partial charge in [0.25, 0.3) is 5.91 Å². The molecule has 288 valence electrons. The van der Waals surface area contributed by atoms with Crippen molar-refractivity contribution < 1.29 is 29.0 Å². The molecule has 1 aliphatic carbocycles. The molecular formula is C43H53ClN4O6. The number of aryl methyl sites for hydroxylation is 2. The third-order valence-electron chi connectivity index (χ3n) is 10.7. The van der Waals surface area contributed by atoms with Gasteiger partial charge < -0.3 is 35.4 Å². The first kappa shape index (κ1) is 39.3. The quantitative estimate of drug-likeness (QED) is 0.143. The van der Waals surface area contributed by atoms with E-state index in [0.717, 1.165) is 47.9 Å². The van der Waals surface area contributed by atoms with Crippen LogP contribution in [-0.4, -0.2) is 83.7 Å². The lowest BCUT2D eigenvalue weighted by atomic mass is 9.82. The fourth-order valence-corrected chi connectivity index (χ4v) is 8.02. The van der Waals surface area contributed by atoms with Gasteiger partial charge in [0.2, 0.25) is 11.8 Å². The largest absolute Gasteiger partial charge is 0.490 e. The highest BCUT2D eigenvalue weighted by Crippen LogP contribution is 2.38. The molecule has 0 aromatic heterocycles. The van der Waals surface area contributed by atoms with Crippen molar-refractivity contribution in [3.8, 4) is 11.5 Å². The topological polar surface area (TPSA) is 134 Å². The third-order valence-corrected chi connectivity index (χ3v) is 11.0. The molecule has 4 N–H and O–H groups in total. The van der Waals surface area contributed by atoms with Crippen molar-refractivity contribution in [3.05, 3.63) is 99.1 Å². The van der Waals surface area contributed by atoms with E-state index >= 15 is 0 Å². The molecule has 2 aliphatic heterocycles. The van der Waals surface area contributed by atoms with E-state index in [-0.39, 0.29) is 49.4 Å². The van der Waals surface area contributed by atoms with Crippen LogP contribution in [0.15, 0.2) is 66.2 Å². The normalized spacial score (nSPS) is 18.0. The fourth-order valence-electron chi connectivity index (χ4n) is 7.78. The van der Waals surface area contributed by atoms with Crippen molar-refractivity contribution in [3.63, 3.8) is 0 Å². The monoisotopic (exact) mass is 756 g/mol. The van der Waals surface area contributed by atoms with Crippen LogP contribution in [0.25, 0.3) is 5.57 Å². The molecule has 0 unspecified atom stereocenters. The van der Waals surface area contributed by atoms with Crippen LogP contribution in [0.2, 0.25) is 5.02 Å². The number of hydrogen-bond acceptors (Lipinski definition) is 7. The van der Waals surface area contributed by atoms with Gasteiger partial charge in [0.1, 0.15) is 24.7 Å². The summed E-state index contributed by atoms with van der Waals surface area (Å²) in [5, 5.41) is 14.0. The molecule has 3 aliphatic rings. The molecule has 2 fully saturated rings. The van der Waals surface area contributed by atoms with Gasteiger partial charge in [-0.25, -0.2) is 0 Å². The third kappa shape index (κ3) is 9.64. The number of piperazine rings is 1. The Morgan fingerprint density at radius 3 is 2.31 bits per heavy atom. The van der Waals surface area contributed by atoms with Gasteiger partial charge in [-0.1, -0.05) is 61.8 Å². The second-order valence-electron chi connectivity index (χ2n) is 14.5. The van der Waals surface area contributed by atoms with Gasteiger partial charge in [0.15, 0.2) is 0 Å². The molecule has 54 heavy (non-hydrogen) atoms. The summed E-state index contributed by atoms with van der Waals surface area (Å²) in [6, 6.07) is 19.6. The number of nitrogens with one attached hydrogen (secondary N) is 1. The summed E-state index contributed by atoms with van der Waals surface area (Å²) < 4.78 is 12.1. The standard InChI is InChI=1S/C43H53ClN4O6/c1-3-28-22-37(44)39(23-29(28)4-2)54-21-20-53-35-16-12-31(13-17-35)36-24-33-26-47(41(51)11-7-10-40(45)50)27-38(46-33)42(36)43(52)48(34-14-15-34)25-32-9-6-5-8-30(32)18-19-49/h5-6,8-9,12-13,16-17,22-23,33-34,38,46,49H,3-4,7,10-11,14-15,18-21,24-27H2,1-2H3,(H2,45,50)/t33-,38-/m1/s1. The molecular weight excluding hydrogens is 704 g/mol. The first-order valence-corrected chi connectivity index (χ1v) is 19.8. The summed E-state index contributed by atoms with van der Waals surface area (Å²) >= 11 is 6.50. The number of ether oxygens (including phenoxy) is 2. The number of benzene rings is 3. The second kappa shape index (κ2) is 18.3. The fraction of sp³-hybridized carbons (Fsp3) is 0.465. The van der Waals surface area contributed by atoms with Gasteiger partial charge in [-0.2, -0.15) is 0 Å². The predicted molar refractivity (Wildman–Crippen MR) is 210 cm³/mol. The maximum atomic E-state index is 14.9. The van der Waals surface area contributed by atoms with Crippen molar-refractivity contribution in [2.45, 2.75) is 96.3 Å². The van der Waals surface area contributed by atoms with Crippen molar-refractivity contribution in [1.82, 2.24) is 15.1 Å². The summed E-state index contributed by atoms with van der Waals surface area (Å²) in [4.78, 5) is 43.4. The number of hydrogen-bond donors (Lipinski definition) is 3. The number of nitrogens with zero attached hydrogens (tertiary/aromatic N) is 2. The summed E-state index contributed by atoms with van der Waals surface area (Å²) in [7, 11) is 0. The molecule has 1 saturated carbocycles. The number of primary amides is 1. The number of nitrogens with two attached hydrogens (primary N) is 1. The molecule has 2 bridgehead atoms. The van der Waals surface area contributed by atoms with Gasteiger partial charge >= 0.3 is 0 Å². The highest BCUT2D eigenvalue weighted by molar-refractivity contribution is 6.32. The molecule has 3 amide bonds. The van der Waals surface area contributed by atoms with Gasteiger partial charge in [-0.05, 0) is 103 Å². The second-order valence-corrected chi connectivity index (χ2v) is 14.9. The lowest BCUT2D eigenvalue weighted by Crippen LogP contribution is -2.62. The zero-order chi connectivity index (χ0) is 38.2. The SMILES string of the molecule is CCc1cc(Cl)c(OCCOc2ccc(C3=C(C(=O)N(Cc4ccccc4CCO)C4CC4)[C@H]4CN(C(=O)CCCC(N)=O)C[C@@H](C3)N4)cc2)cc1CC. The first-order chi connectivity index (χ1) is 26.2. The summed E-state index contributed by atoms with van der Waals surface area (Å²) in [6.45, 7) is 6.29. The number of carbonyl (C=O) groups is 3. The number of carbonyl (C=O) groups excluding carboxylic acids is 3. The minimum Gasteiger partial charge on any atom is -0.490 e. The van der Waals surface area contributed by atoms with Crippen LogP contribution in [0.1, 0.15) is 80.2 Å². The summed E-state index contributed by atoms with van der Waals surface area (Å²) in [5.74, 6) is 0.878. The Bertz CT molecular complexity index is 1840. The Hall–Kier alpha value is -4.38. The molecule has 3 aromatic carbocycles. The Labute approximate surface area is 323 Å². The Morgan fingerprint density at radius 2 is 1.63 bits per heavy atom. The number of fused-ring (bicyclic) bond motifs is 2. The van der Waals surface area contributed by atoms with Crippen LogP contribution in [-0.2, 0) is 40.2 Å². The van der Waals surface area contributed by atoms with Crippen molar-refractivity contribution in [2.75, 3.05) is 32.9 Å². The molecule has 3 aromatic rings. The maximum Gasteiger partial charge on any atom is 0.252 e. The lowest BCUT2D eigenvalue weighted by molar-refractivity contribution is -0.134. The Kier molecular flexibility index (Phi) is 13.3. The van der Waals surface area contributed by atoms with Gasteiger partial charge in [-0.15, -0.1) is 0 Å². The molecule has 11 heteroatoms.